The monoisotopic (exact) mass is 291 g/mol. The molecule has 0 saturated carbocycles. The van der Waals surface area contributed by atoms with Crippen molar-refractivity contribution in [3.8, 4) is 6.07 Å². The van der Waals surface area contributed by atoms with E-state index in [4.69, 9.17) is 16.9 Å². The SMILES string of the molecule is CCOC(=O)Cc1cc(C(F)(F)F)cc(Cl)c1C#N. The summed E-state index contributed by atoms with van der Waals surface area (Å²) in [6.07, 6.45) is -5.03. The third kappa shape index (κ3) is 3.86. The molecule has 0 fully saturated rings. The van der Waals surface area contributed by atoms with Crippen molar-refractivity contribution >= 4 is 17.6 Å². The number of nitrogens with zero attached hydrogens (tertiary/aromatic N) is 1. The summed E-state index contributed by atoms with van der Waals surface area (Å²) >= 11 is 5.63. The van der Waals surface area contributed by atoms with Gasteiger partial charge in [-0.25, -0.2) is 0 Å². The molecular formula is C12H9ClF3NO2. The van der Waals surface area contributed by atoms with Gasteiger partial charge in [-0.15, -0.1) is 0 Å². The van der Waals surface area contributed by atoms with Gasteiger partial charge in [0.25, 0.3) is 0 Å². The molecule has 0 N–H and O–H groups in total. The lowest BCUT2D eigenvalue weighted by Gasteiger charge is -2.11. The Morgan fingerprint density at radius 3 is 2.58 bits per heavy atom. The summed E-state index contributed by atoms with van der Waals surface area (Å²) in [4.78, 5) is 11.3. The Labute approximate surface area is 112 Å². The quantitative estimate of drug-likeness (QED) is 0.803. The van der Waals surface area contributed by atoms with Crippen molar-refractivity contribution in [3.63, 3.8) is 0 Å². The Hall–Kier alpha value is -1.74. The molecule has 0 bridgehead atoms. The topological polar surface area (TPSA) is 50.1 Å². The summed E-state index contributed by atoms with van der Waals surface area (Å²) < 4.78 is 42.5. The second-order valence-corrected chi connectivity index (χ2v) is 3.99. The van der Waals surface area contributed by atoms with Gasteiger partial charge in [-0.05, 0) is 24.6 Å². The van der Waals surface area contributed by atoms with Gasteiger partial charge in [0.1, 0.15) is 6.07 Å². The molecule has 1 rings (SSSR count). The number of hydrogen-bond donors (Lipinski definition) is 0. The molecule has 7 heteroatoms. The molecule has 0 saturated heterocycles. The number of benzene rings is 1. The van der Waals surface area contributed by atoms with Gasteiger partial charge >= 0.3 is 12.1 Å². The van der Waals surface area contributed by atoms with Gasteiger partial charge in [0, 0.05) is 0 Å². The van der Waals surface area contributed by atoms with E-state index in [1.807, 2.05) is 0 Å². The molecule has 0 radical (unpaired) electrons. The second-order valence-electron chi connectivity index (χ2n) is 3.58. The highest BCUT2D eigenvalue weighted by atomic mass is 35.5. The number of halogens is 4. The number of alkyl halides is 3. The van der Waals surface area contributed by atoms with E-state index in [-0.39, 0.29) is 22.8 Å². The molecule has 0 spiro atoms. The summed E-state index contributed by atoms with van der Waals surface area (Å²) in [5, 5.41) is 8.53. The first-order chi connectivity index (χ1) is 8.79. The predicted octanol–water partition coefficient (Wildman–Crippen LogP) is 3.34. The van der Waals surface area contributed by atoms with Gasteiger partial charge in [-0.3, -0.25) is 4.79 Å². The number of rotatable bonds is 3. The van der Waals surface area contributed by atoms with Gasteiger partial charge in [0.15, 0.2) is 0 Å². The van der Waals surface area contributed by atoms with Gasteiger partial charge in [0.05, 0.1) is 29.2 Å². The van der Waals surface area contributed by atoms with Gasteiger partial charge < -0.3 is 4.74 Å². The molecule has 0 unspecified atom stereocenters. The molecule has 19 heavy (non-hydrogen) atoms. The molecule has 0 aliphatic heterocycles. The van der Waals surface area contributed by atoms with Crippen molar-refractivity contribution in [1.29, 1.82) is 5.26 Å². The number of hydrogen-bond acceptors (Lipinski definition) is 3. The highest BCUT2D eigenvalue weighted by Gasteiger charge is 2.32. The molecule has 0 aromatic heterocycles. The van der Waals surface area contributed by atoms with Crippen LogP contribution in [-0.2, 0) is 22.1 Å². The molecule has 1 aromatic carbocycles. The van der Waals surface area contributed by atoms with Crippen LogP contribution in [0.1, 0.15) is 23.6 Å². The molecule has 0 aliphatic carbocycles. The normalized spacial score (nSPS) is 10.9. The number of carbonyl (C=O) groups excluding carboxylic acids is 1. The Balaban J connectivity index is 3.24. The summed E-state index contributed by atoms with van der Waals surface area (Å²) in [7, 11) is 0. The maximum atomic E-state index is 12.6. The second kappa shape index (κ2) is 5.93. The first kappa shape index (κ1) is 15.3. The summed E-state index contributed by atoms with van der Waals surface area (Å²) in [5.41, 5.74) is -1.25. The minimum absolute atomic E-state index is 0.0965. The summed E-state index contributed by atoms with van der Waals surface area (Å²) in [6, 6.07) is 3.08. The van der Waals surface area contributed by atoms with E-state index in [9.17, 15) is 18.0 Å². The maximum Gasteiger partial charge on any atom is 0.416 e. The molecule has 3 nitrogen and oxygen atoms in total. The van der Waals surface area contributed by atoms with Gasteiger partial charge in [0.2, 0.25) is 0 Å². The van der Waals surface area contributed by atoms with Crippen LogP contribution in [0, 0.1) is 11.3 Å². The standard InChI is InChI=1S/C12H9ClF3NO2/c1-2-19-11(18)4-7-3-8(12(14,15)16)5-10(13)9(7)6-17/h3,5H,2,4H2,1H3. The van der Waals surface area contributed by atoms with E-state index < -0.39 is 24.1 Å². The van der Waals surface area contributed by atoms with Crippen LogP contribution in [-0.4, -0.2) is 12.6 Å². The molecule has 0 amide bonds. The lowest BCUT2D eigenvalue weighted by atomic mass is 10.0. The van der Waals surface area contributed by atoms with Crippen molar-refractivity contribution in [3.05, 3.63) is 33.8 Å². The van der Waals surface area contributed by atoms with Crippen LogP contribution < -0.4 is 0 Å². The predicted molar refractivity (Wildman–Crippen MR) is 61.5 cm³/mol. The fourth-order valence-corrected chi connectivity index (χ4v) is 1.74. The average molecular weight is 292 g/mol. The highest BCUT2D eigenvalue weighted by Crippen LogP contribution is 2.34. The van der Waals surface area contributed by atoms with Crippen molar-refractivity contribution in [2.45, 2.75) is 19.5 Å². The first-order valence-electron chi connectivity index (χ1n) is 5.25. The minimum atomic E-state index is -4.60. The molecular weight excluding hydrogens is 283 g/mol. The van der Waals surface area contributed by atoms with E-state index in [0.717, 1.165) is 6.07 Å². The van der Waals surface area contributed by atoms with Crippen LogP contribution in [0.5, 0.6) is 0 Å². The van der Waals surface area contributed by atoms with Crippen LogP contribution in [0.15, 0.2) is 12.1 Å². The Morgan fingerprint density at radius 2 is 2.11 bits per heavy atom. The fourth-order valence-electron chi connectivity index (χ4n) is 1.46. The van der Waals surface area contributed by atoms with Crippen molar-refractivity contribution in [2.24, 2.45) is 0 Å². The zero-order chi connectivity index (χ0) is 14.6. The Kier molecular flexibility index (Phi) is 4.78. The Morgan fingerprint density at radius 1 is 1.47 bits per heavy atom. The van der Waals surface area contributed by atoms with Crippen molar-refractivity contribution in [1.82, 2.24) is 0 Å². The highest BCUT2D eigenvalue weighted by molar-refractivity contribution is 6.32. The van der Waals surface area contributed by atoms with Crippen molar-refractivity contribution in [2.75, 3.05) is 6.61 Å². The minimum Gasteiger partial charge on any atom is -0.466 e. The maximum absolute atomic E-state index is 12.6. The lowest BCUT2D eigenvalue weighted by molar-refractivity contribution is -0.142. The fraction of sp³-hybridized carbons (Fsp3) is 0.333. The van der Waals surface area contributed by atoms with E-state index in [0.29, 0.717) is 6.07 Å². The number of ether oxygens (including phenoxy) is 1. The molecule has 0 aliphatic rings. The van der Waals surface area contributed by atoms with Gasteiger partial charge in [-0.2, -0.15) is 18.4 Å². The molecule has 0 heterocycles. The molecule has 102 valence electrons. The number of esters is 1. The summed E-state index contributed by atoms with van der Waals surface area (Å²) in [5.74, 6) is -0.714. The third-order valence-corrected chi connectivity index (χ3v) is 2.55. The van der Waals surface area contributed by atoms with E-state index in [2.05, 4.69) is 4.74 Å². The third-order valence-electron chi connectivity index (χ3n) is 2.25. The van der Waals surface area contributed by atoms with E-state index >= 15 is 0 Å². The van der Waals surface area contributed by atoms with Crippen LogP contribution in [0.3, 0.4) is 0 Å². The van der Waals surface area contributed by atoms with E-state index in [1.165, 1.54) is 0 Å². The van der Waals surface area contributed by atoms with Crippen LogP contribution in [0.2, 0.25) is 5.02 Å². The van der Waals surface area contributed by atoms with Crippen LogP contribution in [0.4, 0.5) is 13.2 Å². The Bertz CT molecular complexity index is 535. The average Bonchev–Trinajstić information content (AvgIpc) is 2.27. The smallest absolute Gasteiger partial charge is 0.416 e. The molecule has 0 atom stereocenters. The molecule has 1 aromatic rings. The first-order valence-corrected chi connectivity index (χ1v) is 5.62. The zero-order valence-electron chi connectivity index (χ0n) is 9.84. The summed E-state index contributed by atoms with van der Waals surface area (Å²) in [6.45, 7) is 1.68. The largest absolute Gasteiger partial charge is 0.466 e. The van der Waals surface area contributed by atoms with Crippen molar-refractivity contribution < 1.29 is 22.7 Å². The zero-order valence-corrected chi connectivity index (χ0v) is 10.6. The van der Waals surface area contributed by atoms with E-state index in [1.54, 1.807) is 13.0 Å². The van der Waals surface area contributed by atoms with Gasteiger partial charge in [-0.1, -0.05) is 11.6 Å². The lowest BCUT2D eigenvalue weighted by Crippen LogP contribution is -2.12. The van der Waals surface area contributed by atoms with Crippen LogP contribution >= 0.6 is 11.6 Å². The van der Waals surface area contributed by atoms with Crippen LogP contribution in [0.25, 0.3) is 0 Å². The number of carbonyl (C=O) groups is 1. The number of nitriles is 1.